The summed E-state index contributed by atoms with van der Waals surface area (Å²) in [6.45, 7) is 12.7. The van der Waals surface area contributed by atoms with Gasteiger partial charge in [-0.05, 0) is 60.6 Å². The molecule has 0 aliphatic heterocycles. The molecule has 23 heavy (non-hydrogen) atoms. The molecule has 0 fully saturated rings. The number of rotatable bonds is 3. The summed E-state index contributed by atoms with van der Waals surface area (Å²) in [5.74, 6) is -0.0273. The van der Waals surface area contributed by atoms with E-state index in [1.807, 2.05) is 32.0 Å². The van der Waals surface area contributed by atoms with Crippen LogP contribution in [-0.4, -0.2) is 5.91 Å². The second kappa shape index (κ2) is 6.57. The van der Waals surface area contributed by atoms with Gasteiger partial charge in [0.25, 0.3) is 5.91 Å². The van der Waals surface area contributed by atoms with Gasteiger partial charge >= 0.3 is 0 Å². The zero-order valence-electron chi connectivity index (χ0n) is 15.0. The Morgan fingerprint density at radius 3 is 2.09 bits per heavy atom. The van der Waals surface area contributed by atoms with Crippen molar-refractivity contribution >= 4 is 5.91 Å². The molecule has 1 unspecified atom stereocenters. The predicted molar refractivity (Wildman–Crippen MR) is 96.9 cm³/mol. The van der Waals surface area contributed by atoms with Crippen molar-refractivity contribution in [1.29, 1.82) is 0 Å². The van der Waals surface area contributed by atoms with E-state index >= 15 is 0 Å². The first-order valence-electron chi connectivity index (χ1n) is 8.17. The summed E-state index contributed by atoms with van der Waals surface area (Å²) in [6, 6.07) is 14.3. The van der Waals surface area contributed by atoms with Gasteiger partial charge in [-0.1, -0.05) is 51.1 Å². The molecule has 0 radical (unpaired) electrons. The quantitative estimate of drug-likeness (QED) is 0.840. The topological polar surface area (TPSA) is 29.1 Å². The fraction of sp³-hybridized carbons (Fsp3) is 0.381. The lowest BCUT2D eigenvalue weighted by molar-refractivity contribution is 0.0940. The molecule has 0 aromatic heterocycles. The SMILES string of the molecule is Cc1ccc(C(=O)NC(C)c2ccc(C(C)(C)C)cc2)cc1C. The average molecular weight is 309 g/mol. The van der Waals surface area contributed by atoms with Gasteiger partial charge in [0.2, 0.25) is 0 Å². The number of amides is 1. The van der Waals surface area contributed by atoms with Crippen LogP contribution in [0, 0.1) is 13.8 Å². The molecule has 2 aromatic carbocycles. The molecule has 122 valence electrons. The third kappa shape index (κ3) is 4.22. The van der Waals surface area contributed by atoms with Crippen LogP contribution in [0.4, 0.5) is 0 Å². The van der Waals surface area contributed by atoms with Crippen molar-refractivity contribution in [2.24, 2.45) is 0 Å². The van der Waals surface area contributed by atoms with Gasteiger partial charge in [-0.2, -0.15) is 0 Å². The van der Waals surface area contributed by atoms with Gasteiger partial charge < -0.3 is 5.32 Å². The maximum Gasteiger partial charge on any atom is 0.251 e. The molecular formula is C21H27NO. The molecule has 0 saturated carbocycles. The van der Waals surface area contributed by atoms with Crippen molar-refractivity contribution in [3.63, 3.8) is 0 Å². The van der Waals surface area contributed by atoms with Crippen molar-refractivity contribution < 1.29 is 4.79 Å². The van der Waals surface area contributed by atoms with Crippen molar-refractivity contribution in [3.8, 4) is 0 Å². The van der Waals surface area contributed by atoms with E-state index in [1.165, 1.54) is 11.1 Å². The molecule has 2 nitrogen and oxygen atoms in total. The van der Waals surface area contributed by atoms with E-state index in [1.54, 1.807) is 0 Å². The second-order valence-corrected chi connectivity index (χ2v) is 7.37. The molecule has 0 aliphatic carbocycles. The van der Waals surface area contributed by atoms with E-state index in [0.717, 1.165) is 11.1 Å². The Bertz CT molecular complexity index is 693. The summed E-state index contributed by atoms with van der Waals surface area (Å²) >= 11 is 0. The van der Waals surface area contributed by atoms with Crippen molar-refractivity contribution in [2.75, 3.05) is 0 Å². The standard InChI is InChI=1S/C21H27NO/c1-14-7-8-18(13-15(14)2)20(23)22-16(3)17-9-11-19(12-10-17)21(4,5)6/h7-13,16H,1-6H3,(H,22,23). The lowest BCUT2D eigenvalue weighted by Crippen LogP contribution is -2.26. The molecule has 2 rings (SSSR count). The molecule has 2 heteroatoms. The van der Waals surface area contributed by atoms with Gasteiger partial charge in [0, 0.05) is 5.56 Å². The van der Waals surface area contributed by atoms with Gasteiger partial charge in [0.1, 0.15) is 0 Å². The molecule has 2 aromatic rings. The molecule has 0 spiro atoms. The monoisotopic (exact) mass is 309 g/mol. The zero-order chi connectivity index (χ0) is 17.2. The van der Waals surface area contributed by atoms with Gasteiger partial charge in [-0.25, -0.2) is 0 Å². The minimum Gasteiger partial charge on any atom is -0.346 e. The van der Waals surface area contributed by atoms with E-state index < -0.39 is 0 Å². The third-order valence-corrected chi connectivity index (χ3v) is 4.39. The third-order valence-electron chi connectivity index (χ3n) is 4.39. The maximum atomic E-state index is 12.4. The number of hydrogen-bond donors (Lipinski definition) is 1. The Labute approximate surface area is 139 Å². The number of aryl methyl sites for hydroxylation is 2. The minimum atomic E-state index is -0.0273. The highest BCUT2D eigenvalue weighted by atomic mass is 16.1. The van der Waals surface area contributed by atoms with Crippen LogP contribution in [0.25, 0.3) is 0 Å². The van der Waals surface area contributed by atoms with Crippen LogP contribution in [0.1, 0.15) is 66.3 Å². The molecule has 0 aliphatic rings. The fourth-order valence-corrected chi connectivity index (χ4v) is 2.52. The Balaban J connectivity index is 2.10. The molecule has 0 saturated heterocycles. The molecule has 1 N–H and O–H groups in total. The van der Waals surface area contributed by atoms with Crippen LogP contribution in [-0.2, 0) is 5.41 Å². The largest absolute Gasteiger partial charge is 0.346 e. The lowest BCUT2D eigenvalue weighted by atomic mass is 9.86. The summed E-state index contributed by atoms with van der Waals surface area (Å²) in [5, 5.41) is 3.08. The van der Waals surface area contributed by atoms with E-state index in [9.17, 15) is 4.79 Å². The molecule has 1 atom stereocenters. The molecule has 1 amide bonds. The van der Waals surface area contributed by atoms with Crippen LogP contribution in [0.3, 0.4) is 0 Å². The first-order valence-corrected chi connectivity index (χ1v) is 8.17. The second-order valence-electron chi connectivity index (χ2n) is 7.37. The van der Waals surface area contributed by atoms with Crippen LogP contribution < -0.4 is 5.32 Å². The van der Waals surface area contributed by atoms with Crippen LogP contribution in [0.5, 0.6) is 0 Å². The van der Waals surface area contributed by atoms with Gasteiger partial charge in [-0.3, -0.25) is 4.79 Å². The van der Waals surface area contributed by atoms with Crippen molar-refractivity contribution in [3.05, 3.63) is 70.3 Å². The summed E-state index contributed by atoms with van der Waals surface area (Å²) in [4.78, 5) is 12.4. The Hall–Kier alpha value is -2.09. The summed E-state index contributed by atoms with van der Waals surface area (Å²) < 4.78 is 0. The molecule has 0 bridgehead atoms. The van der Waals surface area contributed by atoms with Gasteiger partial charge in [-0.15, -0.1) is 0 Å². The number of benzene rings is 2. The van der Waals surface area contributed by atoms with Crippen molar-refractivity contribution in [2.45, 2.75) is 53.0 Å². The fourth-order valence-electron chi connectivity index (χ4n) is 2.52. The Kier molecular flexibility index (Phi) is 4.93. The number of nitrogens with one attached hydrogen (secondary N) is 1. The zero-order valence-corrected chi connectivity index (χ0v) is 15.0. The van der Waals surface area contributed by atoms with Gasteiger partial charge in [0.05, 0.1) is 6.04 Å². The Morgan fingerprint density at radius 1 is 0.957 bits per heavy atom. The lowest BCUT2D eigenvalue weighted by Gasteiger charge is -2.21. The maximum absolute atomic E-state index is 12.4. The molecule has 0 heterocycles. The smallest absolute Gasteiger partial charge is 0.251 e. The van der Waals surface area contributed by atoms with E-state index in [-0.39, 0.29) is 17.4 Å². The Morgan fingerprint density at radius 2 is 1.57 bits per heavy atom. The normalized spacial score (nSPS) is 12.8. The van der Waals surface area contributed by atoms with Crippen LogP contribution in [0.15, 0.2) is 42.5 Å². The molecular weight excluding hydrogens is 282 g/mol. The van der Waals surface area contributed by atoms with Gasteiger partial charge in [0.15, 0.2) is 0 Å². The highest BCUT2D eigenvalue weighted by Crippen LogP contribution is 2.24. The highest BCUT2D eigenvalue weighted by molar-refractivity contribution is 5.94. The van der Waals surface area contributed by atoms with E-state index in [0.29, 0.717) is 5.56 Å². The summed E-state index contributed by atoms with van der Waals surface area (Å²) in [6.07, 6.45) is 0. The average Bonchev–Trinajstić information content (AvgIpc) is 2.49. The van der Waals surface area contributed by atoms with Crippen LogP contribution >= 0.6 is 0 Å². The summed E-state index contributed by atoms with van der Waals surface area (Å²) in [7, 11) is 0. The number of carbonyl (C=O) groups excluding carboxylic acids is 1. The van der Waals surface area contributed by atoms with E-state index in [2.05, 4.69) is 57.3 Å². The minimum absolute atomic E-state index is 0.0156. The number of hydrogen-bond acceptors (Lipinski definition) is 1. The van der Waals surface area contributed by atoms with E-state index in [4.69, 9.17) is 0 Å². The first kappa shape index (κ1) is 17.3. The van der Waals surface area contributed by atoms with Crippen LogP contribution in [0.2, 0.25) is 0 Å². The first-order chi connectivity index (χ1) is 10.7. The number of carbonyl (C=O) groups is 1. The summed E-state index contributed by atoms with van der Waals surface area (Å²) in [5.41, 5.74) is 5.62. The predicted octanol–water partition coefficient (Wildman–Crippen LogP) is 5.09. The highest BCUT2D eigenvalue weighted by Gasteiger charge is 2.15. The van der Waals surface area contributed by atoms with Crippen molar-refractivity contribution in [1.82, 2.24) is 5.32 Å².